The molecule has 1 aliphatic rings. The van der Waals surface area contributed by atoms with Crippen molar-refractivity contribution < 1.29 is 9.84 Å². The van der Waals surface area contributed by atoms with Gasteiger partial charge in [0.1, 0.15) is 5.75 Å². The third-order valence-corrected chi connectivity index (χ3v) is 4.43. The summed E-state index contributed by atoms with van der Waals surface area (Å²) in [5.41, 5.74) is 1.15. The lowest BCUT2D eigenvalue weighted by Crippen LogP contribution is -2.31. The minimum absolute atomic E-state index is 0.211. The fourth-order valence-corrected chi connectivity index (χ4v) is 2.92. The van der Waals surface area contributed by atoms with Crippen molar-refractivity contribution in [2.24, 2.45) is 11.8 Å². The molecule has 2 atom stereocenters. The van der Waals surface area contributed by atoms with Gasteiger partial charge in [-0.1, -0.05) is 18.2 Å². The summed E-state index contributed by atoms with van der Waals surface area (Å²) >= 11 is 0. The van der Waals surface area contributed by atoms with E-state index < -0.39 is 0 Å². The van der Waals surface area contributed by atoms with Crippen molar-refractivity contribution in [2.75, 3.05) is 26.3 Å². The number of aliphatic hydroxyl groups is 1. The number of aryl methyl sites for hydroxylation is 1. The van der Waals surface area contributed by atoms with Crippen molar-refractivity contribution in [2.45, 2.75) is 33.2 Å². The number of benzene rings is 1. The molecule has 1 aliphatic heterocycles. The number of ether oxygens (including phenoxy) is 1. The molecular weight excluding hydrogens is 250 g/mol. The van der Waals surface area contributed by atoms with E-state index in [0.29, 0.717) is 18.6 Å². The third kappa shape index (κ3) is 3.74. The molecule has 0 aliphatic carbocycles. The minimum atomic E-state index is 0.211. The number of aliphatic hydroxyl groups excluding tert-OH is 1. The fraction of sp³-hybridized carbons (Fsp3) is 0.647. The number of hydrogen-bond donors (Lipinski definition) is 1. The van der Waals surface area contributed by atoms with E-state index in [1.807, 2.05) is 18.2 Å². The third-order valence-electron chi connectivity index (χ3n) is 4.43. The van der Waals surface area contributed by atoms with E-state index in [-0.39, 0.29) is 12.5 Å². The van der Waals surface area contributed by atoms with Gasteiger partial charge in [-0.2, -0.15) is 0 Å². The highest BCUT2D eigenvalue weighted by Crippen LogP contribution is 2.27. The first-order chi connectivity index (χ1) is 9.61. The van der Waals surface area contributed by atoms with E-state index >= 15 is 0 Å². The van der Waals surface area contributed by atoms with Gasteiger partial charge in [0.15, 0.2) is 0 Å². The molecule has 3 nitrogen and oxygen atoms in total. The highest BCUT2D eigenvalue weighted by atomic mass is 16.5. The predicted octanol–water partition coefficient (Wildman–Crippen LogP) is 2.71. The summed E-state index contributed by atoms with van der Waals surface area (Å²) in [6.07, 6.45) is 1.17. The Labute approximate surface area is 122 Å². The summed E-state index contributed by atoms with van der Waals surface area (Å²) in [6, 6.07) is 8.66. The lowest BCUT2D eigenvalue weighted by atomic mass is 9.93. The highest BCUT2D eigenvalue weighted by molar-refractivity contribution is 5.31. The van der Waals surface area contributed by atoms with Crippen LogP contribution in [0.2, 0.25) is 0 Å². The molecule has 0 aromatic heterocycles. The van der Waals surface area contributed by atoms with E-state index in [2.05, 4.69) is 31.7 Å². The first-order valence-corrected chi connectivity index (χ1v) is 7.65. The Bertz CT molecular complexity index is 419. The monoisotopic (exact) mass is 277 g/mol. The summed E-state index contributed by atoms with van der Waals surface area (Å²) in [4.78, 5) is 2.49. The fourth-order valence-electron chi connectivity index (χ4n) is 2.92. The smallest absolute Gasteiger partial charge is 0.122 e. The minimum Gasteiger partial charge on any atom is -0.493 e. The van der Waals surface area contributed by atoms with Crippen LogP contribution in [0.25, 0.3) is 0 Å². The number of hydrogen-bond acceptors (Lipinski definition) is 3. The molecule has 112 valence electrons. The molecule has 20 heavy (non-hydrogen) atoms. The number of para-hydroxylation sites is 1. The molecule has 1 heterocycles. The first kappa shape index (κ1) is 15.3. The van der Waals surface area contributed by atoms with Gasteiger partial charge in [-0.05, 0) is 51.3 Å². The van der Waals surface area contributed by atoms with E-state index in [0.717, 1.165) is 24.4 Å². The molecule has 1 aromatic rings. The molecule has 1 aromatic carbocycles. The molecule has 1 fully saturated rings. The van der Waals surface area contributed by atoms with E-state index in [9.17, 15) is 5.11 Å². The molecule has 0 saturated carbocycles. The van der Waals surface area contributed by atoms with E-state index in [1.165, 1.54) is 6.42 Å². The van der Waals surface area contributed by atoms with Gasteiger partial charge in [-0.15, -0.1) is 0 Å². The van der Waals surface area contributed by atoms with Crippen LogP contribution in [0.15, 0.2) is 24.3 Å². The normalized spacial score (nSPS) is 21.4. The Morgan fingerprint density at radius 3 is 2.70 bits per heavy atom. The summed E-state index contributed by atoms with van der Waals surface area (Å²) < 4.78 is 5.92. The van der Waals surface area contributed by atoms with Crippen LogP contribution in [0.4, 0.5) is 0 Å². The summed E-state index contributed by atoms with van der Waals surface area (Å²) in [7, 11) is 0. The van der Waals surface area contributed by atoms with Crippen molar-refractivity contribution in [1.29, 1.82) is 0 Å². The van der Waals surface area contributed by atoms with Gasteiger partial charge >= 0.3 is 0 Å². The number of rotatable bonds is 6. The van der Waals surface area contributed by atoms with Crippen molar-refractivity contribution in [3.8, 4) is 5.75 Å². The van der Waals surface area contributed by atoms with Crippen LogP contribution in [0.5, 0.6) is 5.75 Å². The average Bonchev–Trinajstić information content (AvgIpc) is 2.91. The van der Waals surface area contributed by atoms with Gasteiger partial charge in [0.2, 0.25) is 0 Å². The van der Waals surface area contributed by atoms with Gasteiger partial charge in [0, 0.05) is 25.1 Å². The predicted molar refractivity (Wildman–Crippen MR) is 82.1 cm³/mol. The molecule has 1 saturated heterocycles. The maximum atomic E-state index is 9.66. The lowest BCUT2D eigenvalue weighted by molar-refractivity contribution is 0.116. The molecule has 0 bridgehead atoms. The first-order valence-electron chi connectivity index (χ1n) is 7.65. The number of likely N-dealkylation sites (tertiary alicyclic amines) is 1. The molecular formula is C17H27NO2. The Morgan fingerprint density at radius 2 is 2.10 bits per heavy atom. The van der Waals surface area contributed by atoms with Crippen LogP contribution in [-0.2, 0) is 0 Å². The molecule has 0 radical (unpaired) electrons. The largest absolute Gasteiger partial charge is 0.493 e. The Balaban J connectivity index is 1.89. The standard InChI is InChI=1S/C17H27NO2/c1-13(2)18-9-8-15(10-18)16(11-19)12-20-17-7-5-4-6-14(17)3/h4-7,13,15-16,19H,8-12H2,1-3H3. The quantitative estimate of drug-likeness (QED) is 0.868. The van der Waals surface area contributed by atoms with Gasteiger partial charge < -0.3 is 14.7 Å². The van der Waals surface area contributed by atoms with Crippen molar-refractivity contribution >= 4 is 0 Å². The van der Waals surface area contributed by atoms with E-state index in [4.69, 9.17) is 4.74 Å². The molecule has 2 unspecified atom stereocenters. The molecule has 0 spiro atoms. The highest BCUT2D eigenvalue weighted by Gasteiger charge is 2.30. The van der Waals surface area contributed by atoms with Crippen LogP contribution in [0.3, 0.4) is 0 Å². The maximum Gasteiger partial charge on any atom is 0.122 e. The van der Waals surface area contributed by atoms with Crippen molar-refractivity contribution in [3.63, 3.8) is 0 Å². The van der Waals surface area contributed by atoms with Crippen LogP contribution < -0.4 is 4.74 Å². The van der Waals surface area contributed by atoms with Gasteiger partial charge in [-0.3, -0.25) is 0 Å². The van der Waals surface area contributed by atoms with Gasteiger partial charge in [0.25, 0.3) is 0 Å². The second-order valence-corrected chi connectivity index (χ2v) is 6.16. The Morgan fingerprint density at radius 1 is 1.35 bits per heavy atom. The second kappa shape index (κ2) is 7.09. The maximum absolute atomic E-state index is 9.66. The lowest BCUT2D eigenvalue weighted by Gasteiger charge is -2.24. The van der Waals surface area contributed by atoms with E-state index in [1.54, 1.807) is 0 Å². The molecule has 0 amide bonds. The zero-order valence-electron chi connectivity index (χ0n) is 12.9. The zero-order chi connectivity index (χ0) is 14.5. The summed E-state index contributed by atoms with van der Waals surface area (Å²) in [5.74, 6) is 1.72. The van der Waals surface area contributed by atoms with Crippen LogP contribution in [0, 0.1) is 18.8 Å². The van der Waals surface area contributed by atoms with Gasteiger partial charge in [0.05, 0.1) is 6.61 Å². The van der Waals surface area contributed by atoms with Gasteiger partial charge in [-0.25, -0.2) is 0 Å². The summed E-state index contributed by atoms with van der Waals surface area (Å²) in [5, 5.41) is 9.66. The van der Waals surface area contributed by atoms with Crippen molar-refractivity contribution in [3.05, 3.63) is 29.8 Å². The molecule has 2 rings (SSSR count). The SMILES string of the molecule is Cc1ccccc1OCC(CO)C1CCN(C(C)C)C1. The van der Waals surface area contributed by atoms with Crippen LogP contribution >= 0.6 is 0 Å². The Kier molecular flexibility index (Phi) is 5.44. The van der Waals surface area contributed by atoms with Crippen LogP contribution in [0.1, 0.15) is 25.8 Å². The topological polar surface area (TPSA) is 32.7 Å². The second-order valence-electron chi connectivity index (χ2n) is 6.16. The summed E-state index contributed by atoms with van der Waals surface area (Å²) in [6.45, 7) is 9.57. The molecule has 3 heteroatoms. The van der Waals surface area contributed by atoms with Crippen molar-refractivity contribution in [1.82, 2.24) is 4.90 Å². The number of nitrogens with zero attached hydrogens (tertiary/aromatic N) is 1. The zero-order valence-corrected chi connectivity index (χ0v) is 12.9. The average molecular weight is 277 g/mol. The molecule has 1 N–H and O–H groups in total. The Hall–Kier alpha value is -1.06. The van der Waals surface area contributed by atoms with Crippen LogP contribution in [-0.4, -0.2) is 42.4 Å².